The molecule has 2 aromatic carbocycles. The lowest BCUT2D eigenvalue weighted by atomic mass is 9.96. The molecule has 0 spiro atoms. The van der Waals surface area contributed by atoms with Crippen LogP contribution in [-0.2, 0) is 6.18 Å². The molecule has 0 heterocycles. The Balaban J connectivity index is 2.37. The maximum Gasteiger partial charge on any atom is 0.417 e. The number of carbonyl (C=O) groups excluding carboxylic acids is 2. The number of hydrazine groups is 1. The van der Waals surface area contributed by atoms with Crippen LogP contribution in [0, 0.1) is 0 Å². The van der Waals surface area contributed by atoms with E-state index in [-0.39, 0.29) is 20.1 Å². The number of hydrogen-bond donors (Lipinski definition) is 2. The number of halogens is 12. The van der Waals surface area contributed by atoms with E-state index in [0.717, 1.165) is 31.3 Å². The normalized spacial score (nSPS) is 13.4. The van der Waals surface area contributed by atoms with E-state index in [2.05, 4.69) is 0 Å². The average Bonchev–Trinajstić information content (AvgIpc) is 2.78. The number of benzene rings is 2. The summed E-state index contributed by atoms with van der Waals surface area (Å²) in [4.78, 5) is 24.0. The minimum absolute atomic E-state index is 0.193. The van der Waals surface area contributed by atoms with E-state index >= 15 is 0 Å². The molecule has 0 bridgehead atoms. The molecular formula is C22H15Cl3F9N3O2. The fraction of sp³-hybridized carbons (Fsp3) is 0.273. The van der Waals surface area contributed by atoms with Crippen molar-refractivity contribution in [2.24, 2.45) is 0 Å². The van der Waals surface area contributed by atoms with Crippen molar-refractivity contribution in [3.05, 3.63) is 73.7 Å². The Morgan fingerprint density at radius 1 is 0.949 bits per heavy atom. The Bertz CT molecular complexity index is 1240. The van der Waals surface area contributed by atoms with Gasteiger partial charge in [0.25, 0.3) is 5.91 Å². The lowest BCUT2D eigenvalue weighted by Gasteiger charge is -2.21. The number of urea groups is 1. The van der Waals surface area contributed by atoms with Crippen LogP contribution in [0.15, 0.2) is 36.4 Å². The van der Waals surface area contributed by atoms with Crippen LogP contribution in [0.4, 0.5) is 44.3 Å². The van der Waals surface area contributed by atoms with Crippen LogP contribution < -0.4 is 10.7 Å². The summed E-state index contributed by atoms with van der Waals surface area (Å²) in [5.74, 6) is -3.88. The van der Waals surface area contributed by atoms with Gasteiger partial charge in [-0.25, -0.2) is 9.80 Å². The summed E-state index contributed by atoms with van der Waals surface area (Å²) in [5.41, 5.74) is -1.80. The summed E-state index contributed by atoms with van der Waals surface area (Å²) in [6.45, 7) is -1.77. The van der Waals surface area contributed by atoms with Gasteiger partial charge in [0, 0.05) is 7.05 Å². The van der Waals surface area contributed by atoms with Crippen molar-refractivity contribution in [1.82, 2.24) is 15.8 Å². The maximum atomic E-state index is 13.7. The second-order valence-corrected chi connectivity index (χ2v) is 8.95. The van der Waals surface area contributed by atoms with Crippen LogP contribution in [0.2, 0.25) is 15.1 Å². The average molecular weight is 631 g/mol. The Morgan fingerprint density at radius 3 is 2.00 bits per heavy atom. The van der Waals surface area contributed by atoms with E-state index in [0.29, 0.717) is 18.2 Å². The first-order valence-electron chi connectivity index (χ1n) is 10.2. The molecule has 5 nitrogen and oxygen atoms in total. The fourth-order valence-electron chi connectivity index (χ4n) is 3.03. The number of hydrogen-bond acceptors (Lipinski definition) is 2. The molecule has 0 radical (unpaired) electrons. The highest BCUT2D eigenvalue weighted by atomic mass is 35.5. The zero-order valence-electron chi connectivity index (χ0n) is 19.1. The second kappa shape index (κ2) is 12.1. The van der Waals surface area contributed by atoms with Crippen molar-refractivity contribution < 1.29 is 49.1 Å². The number of nitrogens with one attached hydrogen (secondary N) is 2. The van der Waals surface area contributed by atoms with Gasteiger partial charge in [-0.1, -0.05) is 53.0 Å². The van der Waals surface area contributed by atoms with E-state index in [1.807, 2.05) is 0 Å². The van der Waals surface area contributed by atoms with Crippen molar-refractivity contribution in [2.45, 2.75) is 24.4 Å². The predicted molar refractivity (Wildman–Crippen MR) is 125 cm³/mol. The molecular weight excluding hydrogens is 616 g/mol. The monoisotopic (exact) mass is 629 g/mol. The molecule has 0 saturated heterocycles. The van der Waals surface area contributed by atoms with Gasteiger partial charge in [0.15, 0.2) is 0 Å². The van der Waals surface area contributed by atoms with E-state index in [9.17, 15) is 49.1 Å². The fourth-order valence-corrected chi connectivity index (χ4v) is 3.64. The van der Waals surface area contributed by atoms with E-state index in [4.69, 9.17) is 34.8 Å². The van der Waals surface area contributed by atoms with Gasteiger partial charge in [0.1, 0.15) is 6.54 Å². The van der Waals surface area contributed by atoms with Gasteiger partial charge in [-0.05, 0) is 35.4 Å². The highest BCUT2D eigenvalue weighted by Gasteiger charge is 2.40. The molecule has 0 aliphatic rings. The van der Waals surface area contributed by atoms with Crippen LogP contribution in [0.3, 0.4) is 0 Å². The molecule has 214 valence electrons. The molecule has 39 heavy (non-hydrogen) atoms. The molecule has 0 saturated carbocycles. The zero-order chi connectivity index (χ0) is 29.9. The quantitative estimate of drug-likeness (QED) is 0.201. The second-order valence-electron chi connectivity index (χ2n) is 7.75. The van der Waals surface area contributed by atoms with Gasteiger partial charge in [-0.2, -0.15) is 39.5 Å². The van der Waals surface area contributed by atoms with E-state index < -0.39 is 65.2 Å². The molecule has 0 aliphatic heterocycles. The number of rotatable bonds is 5. The number of alkyl halides is 9. The molecule has 3 amide bonds. The first kappa shape index (κ1) is 32.4. The first-order valence-corrected chi connectivity index (χ1v) is 11.3. The maximum absolute atomic E-state index is 13.7. The van der Waals surface area contributed by atoms with Crippen LogP contribution in [0.5, 0.6) is 0 Å². The molecule has 1 unspecified atom stereocenters. The number of allylic oxidation sites excluding steroid dienone is 1. The first-order chi connectivity index (χ1) is 17.7. The summed E-state index contributed by atoms with van der Waals surface area (Å²) < 4.78 is 119. The van der Waals surface area contributed by atoms with E-state index in [1.54, 1.807) is 5.43 Å². The summed E-state index contributed by atoms with van der Waals surface area (Å²) in [5, 5.41) is 0.826. The summed E-state index contributed by atoms with van der Waals surface area (Å²) in [6, 6.07) is 2.21. The topological polar surface area (TPSA) is 61.4 Å². The van der Waals surface area contributed by atoms with Crippen LogP contribution in [0.1, 0.15) is 33.0 Å². The Hall–Kier alpha value is -2.84. The standard InChI is InChI=1S/C22H15Cl3F9N3O2/c1-37(19(39)35-9-20(26,27)28)36-18(38)12-4-2-10(6-14(12)22(32,33)34)3-5-13(21(29,30)31)11-7-15(23)17(25)16(24)8-11/h2-8,13H,9H2,1H3,(H,35,39)(H,36,38)/b5-3+. The van der Waals surface area contributed by atoms with E-state index in [1.165, 1.54) is 5.32 Å². The predicted octanol–water partition coefficient (Wildman–Crippen LogP) is 7.87. The van der Waals surface area contributed by atoms with Gasteiger partial charge < -0.3 is 5.32 Å². The SMILES string of the molecule is CN(NC(=O)c1ccc(/C=C/C(c2cc(Cl)c(Cl)c(Cl)c2)C(F)(F)F)cc1C(F)(F)F)C(=O)NCC(F)(F)F. The number of carbonyl (C=O) groups is 2. The molecule has 0 fully saturated rings. The lowest BCUT2D eigenvalue weighted by Crippen LogP contribution is -2.50. The van der Waals surface area contributed by atoms with Gasteiger partial charge in [-0.3, -0.25) is 10.2 Å². The number of amides is 3. The molecule has 17 heteroatoms. The third-order valence-electron chi connectivity index (χ3n) is 4.81. The Labute approximate surface area is 229 Å². The molecule has 2 rings (SSSR count). The van der Waals surface area contributed by atoms with Crippen LogP contribution >= 0.6 is 34.8 Å². The molecule has 2 N–H and O–H groups in total. The molecule has 0 aliphatic carbocycles. The largest absolute Gasteiger partial charge is 0.417 e. The van der Waals surface area contributed by atoms with Gasteiger partial charge >= 0.3 is 24.6 Å². The third kappa shape index (κ3) is 9.11. The smallest absolute Gasteiger partial charge is 0.327 e. The molecule has 1 atom stereocenters. The van der Waals surface area contributed by atoms with Crippen molar-refractivity contribution in [1.29, 1.82) is 0 Å². The lowest BCUT2D eigenvalue weighted by molar-refractivity contribution is -0.139. The van der Waals surface area contributed by atoms with Crippen molar-refractivity contribution in [3.63, 3.8) is 0 Å². The van der Waals surface area contributed by atoms with Gasteiger partial charge in [0.05, 0.1) is 32.1 Å². The van der Waals surface area contributed by atoms with Crippen LogP contribution in [0.25, 0.3) is 6.08 Å². The van der Waals surface area contributed by atoms with Crippen LogP contribution in [-0.4, -0.2) is 42.9 Å². The minimum atomic E-state index is -5.19. The van der Waals surface area contributed by atoms with Gasteiger partial charge in [0.2, 0.25) is 0 Å². The zero-order valence-corrected chi connectivity index (χ0v) is 21.4. The molecule has 0 aromatic heterocycles. The van der Waals surface area contributed by atoms with Crippen molar-refractivity contribution >= 4 is 52.8 Å². The summed E-state index contributed by atoms with van der Waals surface area (Å²) in [6.07, 6.45) is -13.6. The summed E-state index contributed by atoms with van der Waals surface area (Å²) >= 11 is 17.3. The highest BCUT2D eigenvalue weighted by Crippen LogP contribution is 2.41. The Kier molecular flexibility index (Phi) is 10.1. The Morgan fingerprint density at radius 2 is 1.51 bits per heavy atom. The highest BCUT2D eigenvalue weighted by molar-refractivity contribution is 6.48. The van der Waals surface area contributed by atoms with Crippen molar-refractivity contribution in [2.75, 3.05) is 13.6 Å². The molecule has 2 aromatic rings. The minimum Gasteiger partial charge on any atom is -0.327 e. The summed E-state index contributed by atoms with van der Waals surface area (Å²) in [7, 11) is 0.778. The third-order valence-corrected chi connectivity index (χ3v) is 6.00. The number of nitrogens with zero attached hydrogens (tertiary/aromatic N) is 1. The van der Waals surface area contributed by atoms with Crippen molar-refractivity contribution in [3.8, 4) is 0 Å². The van der Waals surface area contributed by atoms with Gasteiger partial charge in [-0.15, -0.1) is 0 Å².